The van der Waals surface area contributed by atoms with Gasteiger partial charge in [0, 0.05) is 5.56 Å². The van der Waals surface area contributed by atoms with Crippen molar-refractivity contribution in [1.29, 1.82) is 0 Å². The number of hydrogen-bond acceptors (Lipinski definition) is 3. The van der Waals surface area contributed by atoms with Crippen LogP contribution in [-0.4, -0.2) is 18.8 Å². The maximum Gasteiger partial charge on any atom is 0.125 e. The molecule has 0 saturated heterocycles. The predicted molar refractivity (Wildman–Crippen MR) is 113 cm³/mol. The third-order valence-corrected chi connectivity index (χ3v) is 5.12. The first-order valence-corrected chi connectivity index (χ1v) is 9.80. The van der Waals surface area contributed by atoms with E-state index in [0.29, 0.717) is 18.8 Å². The van der Waals surface area contributed by atoms with Crippen LogP contribution in [0.1, 0.15) is 36.5 Å². The molecule has 1 atom stereocenters. The highest BCUT2D eigenvalue weighted by atomic mass is 16.5. The lowest BCUT2D eigenvalue weighted by Gasteiger charge is -2.29. The number of methoxy groups -OCH3 is 1. The number of aliphatic hydroxyl groups is 1. The summed E-state index contributed by atoms with van der Waals surface area (Å²) in [5.74, 6) is 1.50. The van der Waals surface area contributed by atoms with Crippen LogP contribution in [0.4, 0.5) is 0 Å². The number of para-hydroxylation sites is 1. The molecule has 0 aliphatic rings. The molecule has 0 bridgehead atoms. The number of rotatable bonds is 9. The topological polar surface area (TPSA) is 38.7 Å². The number of benzene rings is 3. The highest BCUT2D eigenvalue weighted by Crippen LogP contribution is 2.38. The van der Waals surface area contributed by atoms with Crippen molar-refractivity contribution in [3.8, 4) is 11.5 Å². The zero-order valence-corrected chi connectivity index (χ0v) is 16.6. The molecule has 0 fully saturated rings. The normalized spacial score (nSPS) is 13.0. The fourth-order valence-corrected chi connectivity index (χ4v) is 3.47. The summed E-state index contributed by atoms with van der Waals surface area (Å²) in [5.41, 5.74) is 1.83. The zero-order chi connectivity index (χ0) is 19.8. The van der Waals surface area contributed by atoms with Gasteiger partial charge in [0.2, 0.25) is 0 Å². The minimum absolute atomic E-state index is 0.546. The Balaban J connectivity index is 1.65. The molecule has 3 rings (SSSR count). The summed E-state index contributed by atoms with van der Waals surface area (Å²) in [6.07, 6.45) is 2.51. The van der Waals surface area contributed by atoms with Gasteiger partial charge in [-0.1, -0.05) is 67.6 Å². The average Bonchev–Trinajstić information content (AvgIpc) is 2.77. The zero-order valence-electron chi connectivity index (χ0n) is 16.6. The lowest BCUT2D eigenvalue weighted by Crippen LogP contribution is -2.26. The van der Waals surface area contributed by atoms with Gasteiger partial charge in [-0.05, 0) is 48.6 Å². The van der Waals surface area contributed by atoms with Gasteiger partial charge >= 0.3 is 0 Å². The van der Waals surface area contributed by atoms with Crippen LogP contribution in [0.3, 0.4) is 0 Å². The van der Waals surface area contributed by atoms with Crippen molar-refractivity contribution in [2.75, 3.05) is 13.7 Å². The molecular formula is C25H28O3. The molecule has 3 aromatic rings. The van der Waals surface area contributed by atoms with Crippen molar-refractivity contribution in [2.45, 2.75) is 31.8 Å². The fourth-order valence-electron chi connectivity index (χ4n) is 3.47. The molecule has 1 N–H and O–H groups in total. The van der Waals surface area contributed by atoms with Gasteiger partial charge in [-0.15, -0.1) is 0 Å². The monoisotopic (exact) mass is 376 g/mol. The predicted octanol–water partition coefficient (Wildman–Crippen LogP) is 5.35. The van der Waals surface area contributed by atoms with Crippen LogP contribution < -0.4 is 9.47 Å². The molecular weight excluding hydrogens is 348 g/mol. The Morgan fingerprint density at radius 3 is 2.21 bits per heavy atom. The van der Waals surface area contributed by atoms with Gasteiger partial charge in [-0.3, -0.25) is 0 Å². The highest BCUT2D eigenvalue weighted by molar-refractivity contribution is 5.45. The molecule has 0 spiro atoms. The van der Waals surface area contributed by atoms with Crippen LogP contribution in [0.5, 0.6) is 11.5 Å². The molecule has 0 saturated carbocycles. The van der Waals surface area contributed by atoms with E-state index in [1.54, 1.807) is 7.11 Å². The van der Waals surface area contributed by atoms with E-state index >= 15 is 0 Å². The van der Waals surface area contributed by atoms with E-state index in [2.05, 4.69) is 24.3 Å². The lowest BCUT2D eigenvalue weighted by molar-refractivity contribution is 0.0736. The quantitative estimate of drug-likeness (QED) is 0.512. The second kappa shape index (κ2) is 9.43. The second-order valence-corrected chi connectivity index (χ2v) is 6.88. The van der Waals surface area contributed by atoms with Gasteiger partial charge in [0.1, 0.15) is 17.1 Å². The summed E-state index contributed by atoms with van der Waals surface area (Å²) < 4.78 is 11.3. The third-order valence-electron chi connectivity index (χ3n) is 5.12. The van der Waals surface area contributed by atoms with Gasteiger partial charge in [0.05, 0.1) is 13.7 Å². The van der Waals surface area contributed by atoms with Gasteiger partial charge in [0.15, 0.2) is 0 Å². The molecule has 0 heterocycles. The van der Waals surface area contributed by atoms with Crippen LogP contribution in [0.25, 0.3) is 0 Å². The summed E-state index contributed by atoms with van der Waals surface area (Å²) in [6, 6.07) is 25.8. The lowest BCUT2D eigenvalue weighted by atomic mass is 9.83. The van der Waals surface area contributed by atoms with Gasteiger partial charge in [-0.25, -0.2) is 0 Å². The number of aryl methyl sites for hydroxylation is 1. The van der Waals surface area contributed by atoms with Crippen LogP contribution in [0.2, 0.25) is 0 Å². The molecule has 0 aromatic heterocycles. The summed E-state index contributed by atoms with van der Waals surface area (Å²) in [6.45, 7) is 2.64. The fraction of sp³-hybridized carbons (Fsp3) is 0.280. The van der Waals surface area contributed by atoms with Crippen molar-refractivity contribution >= 4 is 0 Å². The molecule has 0 amide bonds. The summed E-state index contributed by atoms with van der Waals surface area (Å²) >= 11 is 0. The van der Waals surface area contributed by atoms with E-state index in [-0.39, 0.29) is 0 Å². The molecule has 28 heavy (non-hydrogen) atoms. The van der Waals surface area contributed by atoms with Crippen LogP contribution in [0, 0.1) is 0 Å². The Labute approximate surface area is 167 Å². The van der Waals surface area contributed by atoms with E-state index in [9.17, 15) is 5.11 Å². The summed E-state index contributed by atoms with van der Waals surface area (Å²) in [4.78, 5) is 0. The second-order valence-electron chi connectivity index (χ2n) is 6.88. The molecule has 0 aliphatic carbocycles. The van der Waals surface area contributed by atoms with E-state index in [1.807, 2.05) is 61.5 Å². The van der Waals surface area contributed by atoms with E-state index in [4.69, 9.17) is 9.47 Å². The van der Waals surface area contributed by atoms with Crippen LogP contribution >= 0.6 is 0 Å². The Bertz CT molecular complexity index is 858. The SMILES string of the molecule is CCC(O)(c1ccc(OCCCc2ccccc2)cc1)c1ccccc1OC. The average molecular weight is 376 g/mol. The van der Waals surface area contributed by atoms with E-state index in [1.165, 1.54) is 5.56 Å². The van der Waals surface area contributed by atoms with Crippen molar-refractivity contribution in [1.82, 2.24) is 0 Å². The first-order valence-electron chi connectivity index (χ1n) is 9.80. The third kappa shape index (κ3) is 4.55. The molecule has 1 unspecified atom stereocenters. The minimum atomic E-state index is -1.10. The Kier molecular flexibility index (Phi) is 6.72. The van der Waals surface area contributed by atoms with E-state index in [0.717, 1.165) is 29.7 Å². The minimum Gasteiger partial charge on any atom is -0.496 e. The van der Waals surface area contributed by atoms with Crippen molar-refractivity contribution in [3.63, 3.8) is 0 Å². The first-order chi connectivity index (χ1) is 13.7. The Morgan fingerprint density at radius 1 is 0.857 bits per heavy atom. The Hall–Kier alpha value is -2.78. The maximum absolute atomic E-state index is 11.4. The number of hydrogen-bond donors (Lipinski definition) is 1. The first kappa shape index (κ1) is 20.0. The van der Waals surface area contributed by atoms with Crippen LogP contribution in [-0.2, 0) is 12.0 Å². The van der Waals surface area contributed by atoms with Crippen molar-refractivity contribution in [3.05, 3.63) is 95.6 Å². The van der Waals surface area contributed by atoms with E-state index < -0.39 is 5.60 Å². The van der Waals surface area contributed by atoms with Gasteiger partial charge < -0.3 is 14.6 Å². The molecule has 0 aliphatic heterocycles. The van der Waals surface area contributed by atoms with Gasteiger partial charge in [0.25, 0.3) is 0 Å². The van der Waals surface area contributed by atoms with Gasteiger partial charge in [-0.2, -0.15) is 0 Å². The number of ether oxygens (including phenoxy) is 2. The molecule has 146 valence electrons. The standard InChI is InChI=1S/C25H28O3/c1-3-25(26,23-13-7-8-14-24(23)27-2)21-15-17-22(18-16-21)28-19-9-12-20-10-5-4-6-11-20/h4-8,10-11,13-18,26H,3,9,12,19H2,1-2H3. The molecule has 0 radical (unpaired) electrons. The molecule has 3 aromatic carbocycles. The molecule has 3 nitrogen and oxygen atoms in total. The summed E-state index contributed by atoms with van der Waals surface area (Å²) in [7, 11) is 1.63. The van der Waals surface area contributed by atoms with Crippen molar-refractivity contribution < 1.29 is 14.6 Å². The maximum atomic E-state index is 11.4. The molecule has 3 heteroatoms. The highest BCUT2D eigenvalue weighted by Gasteiger charge is 2.32. The summed E-state index contributed by atoms with van der Waals surface area (Å²) in [5, 5.41) is 11.4. The van der Waals surface area contributed by atoms with Crippen molar-refractivity contribution in [2.24, 2.45) is 0 Å². The van der Waals surface area contributed by atoms with Crippen LogP contribution in [0.15, 0.2) is 78.9 Å². The Morgan fingerprint density at radius 2 is 1.54 bits per heavy atom. The smallest absolute Gasteiger partial charge is 0.125 e. The largest absolute Gasteiger partial charge is 0.496 e.